The fourth-order valence-corrected chi connectivity index (χ4v) is 2.80. The van der Waals surface area contributed by atoms with Gasteiger partial charge in [0.25, 0.3) is 0 Å². The summed E-state index contributed by atoms with van der Waals surface area (Å²) < 4.78 is 0. The smallest absolute Gasteiger partial charge is 0.0991 e. The van der Waals surface area contributed by atoms with E-state index in [1.54, 1.807) is 0 Å². The van der Waals surface area contributed by atoms with Gasteiger partial charge in [0.1, 0.15) is 0 Å². The van der Waals surface area contributed by atoms with E-state index in [4.69, 9.17) is 5.26 Å². The Labute approximate surface area is 110 Å². The summed E-state index contributed by atoms with van der Waals surface area (Å²) in [5.74, 6) is 1.49. The first-order valence-electron chi connectivity index (χ1n) is 7.00. The van der Waals surface area contributed by atoms with Crippen molar-refractivity contribution in [3.05, 3.63) is 47.5 Å². The minimum absolute atomic E-state index is 0.698. The number of rotatable bonds is 3. The van der Waals surface area contributed by atoms with Gasteiger partial charge in [-0.25, -0.2) is 0 Å². The Morgan fingerprint density at radius 1 is 1.17 bits per heavy atom. The largest absolute Gasteiger partial charge is 0.192 e. The minimum Gasteiger partial charge on any atom is -0.192 e. The summed E-state index contributed by atoms with van der Waals surface area (Å²) >= 11 is 0. The Hall–Kier alpha value is -1.55. The fourth-order valence-electron chi connectivity index (χ4n) is 2.80. The molecule has 0 aromatic heterocycles. The van der Waals surface area contributed by atoms with Crippen LogP contribution in [0, 0.1) is 17.2 Å². The van der Waals surface area contributed by atoms with Gasteiger partial charge in [-0.2, -0.15) is 5.26 Å². The molecule has 94 valence electrons. The molecule has 18 heavy (non-hydrogen) atoms. The van der Waals surface area contributed by atoms with Gasteiger partial charge in [0, 0.05) is 0 Å². The predicted molar refractivity (Wildman–Crippen MR) is 75.3 cm³/mol. The van der Waals surface area contributed by atoms with E-state index in [0.29, 0.717) is 5.92 Å². The molecule has 0 amide bonds. The van der Waals surface area contributed by atoms with Gasteiger partial charge in [0.05, 0.1) is 11.6 Å². The molecular formula is C17H21N. The van der Waals surface area contributed by atoms with Crippen LogP contribution in [0.3, 0.4) is 0 Å². The molecule has 1 fully saturated rings. The standard InChI is InChI=1S/C17H21N/c1-2-3-4-14-5-9-16(10-6-14)17-11-7-15(13-18)8-12-17/h3-4,7-8,11-12,14,16H,2,5-6,9-10H2,1H3/b4-3-/t14-,16-. The van der Waals surface area contributed by atoms with Crippen LogP contribution in [0.1, 0.15) is 56.1 Å². The lowest BCUT2D eigenvalue weighted by Gasteiger charge is -2.27. The van der Waals surface area contributed by atoms with Crippen molar-refractivity contribution in [2.24, 2.45) is 5.92 Å². The molecule has 1 nitrogen and oxygen atoms in total. The molecule has 2 rings (SSSR count). The maximum Gasteiger partial charge on any atom is 0.0991 e. The molecule has 0 unspecified atom stereocenters. The molecule has 1 aromatic carbocycles. The zero-order valence-corrected chi connectivity index (χ0v) is 11.1. The highest BCUT2D eigenvalue weighted by Gasteiger charge is 2.20. The summed E-state index contributed by atoms with van der Waals surface area (Å²) in [6.45, 7) is 2.19. The lowest BCUT2D eigenvalue weighted by atomic mass is 9.78. The summed E-state index contributed by atoms with van der Waals surface area (Å²) in [4.78, 5) is 0. The average Bonchev–Trinajstić information content (AvgIpc) is 2.46. The lowest BCUT2D eigenvalue weighted by molar-refractivity contribution is 0.375. The number of hydrogen-bond acceptors (Lipinski definition) is 1. The van der Waals surface area contributed by atoms with Crippen LogP contribution < -0.4 is 0 Å². The summed E-state index contributed by atoms with van der Waals surface area (Å²) in [6.07, 6.45) is 11.0. The van der Waals surface area contributed by atoms with E-state index < -0.39 is 0 Å². The number of hydrogen-bond donors (Lipinski definition) is 0. The molecule has 0 aliphatic heterocycles. The number of allylic oxidation sites excluding steroid dienone is 2. The van der Waals surface area contributed by atoms with Crippen molar-refractivity contribution in [1.82, 2.24) is 0 Å². The minimum atomic E-state index is 0.698. The Bertz CT molecular complexity index is 428. The van der Waals surface area contributed by atoms with Crippen LogP contribution in [0.4, 0.5) is 0 Å². The molecule has 1 aromatic rings. The van der Waals surface area contributed by atoms with Gasteiger partial charge >= 0.3 is 0 Å². The van der Waals surface area contributed by atoms with Gasteiger partial charge in [-0.15, -0.1) is 0 Å². The van der Waals surface area contributed by atoms with Crippen molar-refractivity contribution < 1.29 is 0 Å². The third-order valence-corrected chi connectivity index (χ3v) is 3.93. The second-order valence-electron chi connectivity index (χ2n) is 5.18. The fraction of sp³-hybridized carbons (Fsp3) is 0.471. The summed E-state index contributed by atoms with van der Waals surface area (Å²) in [7, 11) is 0. The monoisotopic (exact) mass is 239 g/mol. The second-order valence-corrected chi connectivity index (χ2v) is 5.18. The number of benzene rings is 1. The Balaban J connectivity index is 1.93. The van der Waals surface area contributed by atoms with Crippen LogP contribution in [0.2, 0.25) is 0 Å². The molecule has 0 saturated heterocycles. The van der Waals surface area contributed by atoms with Crippen LogP contribution in [0.15, 0.2) is 36.4 Å². The molecule has 0 radical (unpaired) electrons. The molecule has 0 N–H and O–H groups in total. The van der Waals surface area contributed by atoms with Gasteiger partial charge in [0.2, 0.25) is 0 Å². The first-order chi connectivity index (χ1) is 8.83. The Kier molecular flexibility index (Phi) is 4.59. The SMILES string of the molecule is CC/C=C\[C@H]1CC[C@H](c2ccc(C#N)cc2)CC1. The highest BCUT2D eigenvalue weighted by molar-refractivity contribution is 5.33. The van der Waals surface area contributed by atoms with Crippen molar-refractivity contribution in [2.75, 3.05) is 0 Å². The van der Waals surface area contributed by atoms with Gasteiger partial charge < -0.3 is 0 Å². The van der Waals surface area contributed by atoms with Crippen LogP contribution >= 0.6 is 0 Å². The predicted octanol–water partition coefficient (Wildman–Crippen LogP) is 4.80. The highest BCUT2D eigenvalue weighted by atomic mass is 14.3. The van der Waals surface area contributed by atoms with E-state index in [9.17, 15) is 0 Å². The van der Waals surface area contributed by atoms with E-state index in [-0.39, 0.29) is 0 Å². The van der Waals surface area contributed by atoms with E-state index >= 15 is 0 Å². The van der Waals surface area contributed by atoms with Crippen molar-refractivity contribution in [2.45, 2.75) is 44.9 Å². The second kappa shape index (κ2) is 6.40. The van der Waals surface area contributed by atoms with Crippen LogP contribution in [-0.4, -0.2) is 0 Å². The van der Waals surface area contributed by atoms with Crippen LogP contribution in [0.25, 0.3) is 0 Å². The van der Waals surface area contributed by atoms with Gasteiger partial charge in [-0.05, 0) is 61.6 Å². The zero-order chi connectivity index (χ0) is 12.8. The highest BCUT2D eigenvalue weighted by Crippen LogP contribution is 2.36. The number of nitriles is 1. The molecular weight excluding hydrogens is 218 g/mol. The first kappa shape index (κ1) is 12.9. The van der Waals surface area contributed by atoms with Crippen molar-refractivity contribution in [3.63, 3.8) is 0 Å². The van der Waals surface area contributed by atoms with Crippen LogP contribution in [0.5, 0.6) is 0 Å². The van der Waals surface area contributed by atoms with E-state index in [2.05, 4.69) is 37.3 Å². The molecule has 0 heterocycles. The lowest BCUT2D eigenvalue weighted by Crippen LogP contribution is -2.11. The molecule has 1 aliphatic carbocycles. The quantitative estimate of drug-likeness (QED) is 0.695. The zero-order valence-electron chi connectivity index (χ0n) is 11.1. The van der Waals surface area contributed by atoms with E-state index in [0.717, 1.165) is 17.9 Å². The molecule has 0 atom stereocenters. The topological polar surface area (TPSA) is 23.8 Å². The third-order valence-electron chi connectivity index (χ3n) is 3.93. The van der Waals surface area contributed by atoms with E-state index in [1.165, 1.54) is 31.2 Å². The van der Waals surface area contributed by atoms with Crippen molar-refractivity contribution in [1.29, 1.82) is 5.26 Å². The maximum atomic E-state index is 8.80. The summed E-state index contributed by atoms with van der Waals surface area (Å²) in [6, 6.07) is 10.3. The molecule has 0 bridgehead atoms. The van der Waals surface area contributed by atoms with Crippen LogP contribution in [-0.2, 0) is 0 Å². The van der Waals surface area contributed by atoms with Gasteiger partial charge in [-0.3, -0.25) is 0 Å². The normalized spacial score (nSPS) is 24.0. The van der Waals surface area contributed by atoms with Gasteiger partial charge in [-0.1, -0.05) is 31.2 Å². The Morgan fingerprint density at radius 3 is 2.39 bits per heavy atom. The summed E-state index contributed by atoms with van der Waals surface area (Å²) in [5, 5.41) is 8.80. The van der Waals surface area contributed by atoms with Gasteiger partial charge in [0.15, 0.2) is 0 Å². The third kappa shape index (κ3) is 3.23. The Morgan fingerprint density at radius 2 is 1.83 bits per heavy atom. The molecule has 1 saturated carbocycles. The summed E-state index contributed by atoms with van der Waals surface area (Å²) in [5.41, 5.74) is 2.17. The molecule has 1 aliphatic rings. The van der Waals surface area contributed by atoms with Crippen molar-refractivity contribution in [3.8, 4) is 6.07 Å². The number of nitrogens with zero attached hydrogens (tertiary/aromatic N) is 1. The molecule has 0 spiro atoms. The average molecular weight is 239 g/mol. The van der Waals surface area contributed by atoms with E-state index in [1.807, 2.05) is 12.1 Å². The maximum absolute atomic E-state index is 8.80. The first-order valence-corrected chi connectivity index (χ1v) is 7.00. The van der Waals surface area contributed by atoms with Crippen molar-refractivity contribution >= 4 is 0 Å². The molecule has 1 heteroatoms.